The summed E-state index contributed by atoms with van der Waals surface area (Å²) in [5.41, 5.74) is 2.68. The lowest BCUT2D eigenvalue weighted by Crippen LogP contribution is -2.22. The molecular weight excluding hydrogens is 294 g/mol. The monoisotopic (exact) mass is 315 g/mol. The summed E-state index contributed by atoms with van der Waals surface area (Å²) in [7, 11) is 4.64. The van der Waals surface area contributed by atoms with Crippen LogP contribution in [0.5, 0.6) is 5.75 Å². The lowest BCUT2D eigenvalue weighted by atomic mass is 10.0. The van der Waals surface area contributed by atoms with Gasteiger partial charge in [0.25, 0.3) is 0 Å². The highest BCUT2D eigenvalue weighted by atomic mass is 16.5. The molecule has 122 valence electrons. The molecule has 2 rings (SSSR count). The van der Waals surface area contributed by atoms with Crippen molar-refractivity contribution < 1.29 is 19.0 Å². The third-order valence-electron chi connectivity index (χ3n) is 3.46. The van der Waals surface area contributed by atoms with Gasteiger partial charge in [0.05, 0.1) is 20.8 Å². The summed E-state index contributed by atoms with van der Waals surface area (Å²) in [6.07, 6.45) is 0. The molecule has 5 nitrogen and oxygen atoms in total. The van der Waals surface area contributed by atoms with Gasteiger partial charge in [-0.1, -0.05) is 24.3 Å². The fraction of sp³-hybridized carbons (Fsp3) is 0.278. The minimum absolute atomic E-state index is 0.347. The van der Waals surface area contributed by atoms with E-state index in [0.717, 1.165) is 22.6 Å². The second kappa shape index (κ2) is 8.19. The van der Waals surface area contributed by atoms with Crippen molar-refractivity contribution in [3.63, 3.8) is 0 Å². The summed E-state index contributed by atoms with van der Waals surface area (Å²) >= 11 is 0. The molecule has 0 aromatic heterocycles. The van der Waals surface area contributed by atoms with E-state index >= 15 is 0 Å². The van der Waals surface area contributed by atoms with Crippen LogP contribution < -0.4 is 10.1 Å². The maximum absolute atomic E-state index is 12.1. The van der Waals surface area contributed by atoms with E-state index < -0.39 is 6.04 Å². The first-order valence-corrected chi connectivity index (χ1v) is 7.24. The highest BCUT2D eigenvalue weighted by molar-refractivity contribution is 5.81. The quantitative estimate of drug-likeness (QED) is 0.795. The normalized spacial score (nSPS) is 11.6. The fourth-order valence-corrected chi connectivity index (χ4v) is 2.22. The molecule has 0 aliphatic heterocycles. The Kier molecular flexibility index (Phi) is 6.00. The Morgan fingerprint density at radius 2 is 1.65 bits per heavy atom. The van der Waals surface area contributed by atoms with Crippen LogP contribution in [0.2, 0.25) is 0 Å². The molecule has 0 aliphatic carbocycles. The van der Waals surface area contributed by atoms with Crippen LogP contribution in [0.1, 0.15) is 17.2 Å². The first-order chi connectivity index (χ1) is 11.2. The van der Waals surface area contributed by atoms with Crippen molar-refractivity contribution >= 4 is 11.7 Å². The minimum atomic E-state index is -0.579. The number of carbonyl (C=O) groups excluding carboxylic acids is 1. The molecule has 0 radical (unpaired) electrons. The Hall–Kier alpha value is -2.53. The van der Waals surface area contributed by atoms with Crippen LogP contribution in [0, 0.1) is 0 Å². The first kappa shape index (κ1) is 16.8. The van der Waals surface area contributed by atoms with Crippen LogP contribution in [0.15, 0.2) is 48.5 Å². The number of hydrogen-bond acceptors (Lipinski definition) is 5. The van der Waals surface area contributed by atoms with E-state index in [2.05, 4.69) is 5.32 Å². The zero-order chi connectivity index (χ0) is 16.7. The van der Waals surface area contributed by atoms with Gasteiger partial charge in [-0.25, -0.2) is 4.79 Å². The van der Waals surface area contributed by atoms with Crippen LogP contribution in [0.4, 0.5) is 5.69 Å². The Morgan fingerprint density at radius 3 is 2.17 bits per heavy atom. The van der Waals surface area contributed by atoms with E-state index in [1.807, 2.05) is 48.5 Å². The summed E-state index contributed by atoms with van der Waals surface area (Å²) in [5.74, 6) is 0.411. The number of carbonyl (C=O) groups is 1. The molecule has 0 aliphatic rings. The topological polar surface area (TPSA) is 56.8 Å². The SMILES string of the molecule is COCc1ccc(C(Nc2ccc(OC)cc2)C(=O)OC)cc1. The maximum atomic E-state index is 12.1. The van der Waals surface area contributed by atoms with Crippen molar-refractivity contribution in [2.75, 3.05) is 26.6 Å². The lowest BCUT2D eigenvalue weighted by Gasteiger charge is -2.18. The van der Waals surface area contributed by atoms with Crippen LogP contribution in [-0.4, -0.2) is 27.3 Å². The summed E-state index contributed by atoms with van der Waals surface area (Å²) < 4.78 is 15.1. The number of esters is 1. The molecule has 1 atom stereocenters. The van der Waals surface area contributed by atoms with Crippen LogP contribution in [0.3, 0.4) is 0 Å². The summed E-state index contributed by atoms with van der Waals surface area (Å²) in [4.78, 5) is 12.1. The highest BCUT2D eigenvalue weighted by Crippen LogP contribution is 2.23. The van der Waals surface area contributed by atoms with Gasteiger partial charge in [0.1, 0.15) is 5.75 Å². The summed E-state index contributed by atoms with van der Waals surface area (Å²) in [6, 6.07) is 14.5. The van der Waals surface area contributed by atoms with Gasteiger partial charge in [0.2, 0.25) is 0 Å². The average molecular weight is 315 g/mol. The van der Waals surface area contributed by atoms with Crippen molar-refractivity contribution in [2.45, 2.75) is 12.6 Å². The van der Waals surface area contributed by atoms with E-state index in [4.69, 9.17) is 14.2 Å². The molecule has 23 heavy (non-hydrogen) atoms. The van der Waals surface area contributed by atoms with E-state index in [1.54, 1.807) is 14.2 Å². The predicted molar refractivity (Wildman–Crippen MR) is 88.5 cm³/mol. The zero-order valence-corrected chi connectivity index (χ0v) is 13.5. The van der Waals surface area contributed by atoms with E-state index in [1.165, 1.54) is 7.11 Å². The lowest BCUT2D eigenvalue weighted by molar-refractivity contribution is -0.141. The number of anilines is 1. The van der Waals surface area contributed by atoms with Gasteiger partial charge in [-0.3, -0.25) is 0 Å². The molecule has 0 spiro atoms. The van der Waals surface area contributed by atoms with Gasteiger partial charge in [-0.2, -0.15) is 0 Å². The molecule has 5 heteroatoms. The number of nitrogens with one attached hydrogen (secondary N) is 1. The number of ether oxygens (including phenoxy) is 3. The summed E-state index contributed by atoms with van der Waals surface area (Å²) in [6.45, 7) is 0.537. The number of hydrogen-bond donors (Lipinski definition) is 1. The van der Waals surface area contributed by atoms with Gasteiger partial charge in [0.15, 0.2) is 6.04 Å². The fourth-order valence-electron chi connectivity index (χ4n) is 2.22. The largest absolute Gasteiger partial charge is 0.497 e. The van der Waals surface area contributed by atoms with Gasteiger partial charge in [-0.05, 0) is 35.4 Å². The minimum Gasteiger partial charge on any atom is -0.497 e. The van der Waals surface area contributed by atoms with E-state index in [0.29, 0.717) is 6.61 Å². The van der Waals surface area contributed by atoms with E-state index in [-0.39, 0.29) is 5.97 Å². The Balaban J connectivity index is 2.20. The first-order valence-electron chi connectivity index (χ1n) is 7.24. The standard InChI is InChI=1S/C18H21NO4/c1-21-12-13-4-6-14(7-5-13)17(18(20)23-3)19-15-8-10-16(22-2)11-9-15/h4-11,17,19H,12H2,1-3H3. The maximum Gasteiger partial charge on any atom is 0.332 e. The molecule has 0 saturated heterocycles. The second-order valence-electron chi connectivity index (χ2n) is 5.00. The molecule has 1 N–H and O–H groups in total. The number of methoxy groups -OCH3 is 3. The van der Waals surface area contributed by atoms with Crippen molar-refractivity contribution in [1.29, 1.82) is 0 Å². The Labute approximate surface area is 136 Å². The molecule has 0 bridgehead atoms. The van der Waals surface area contributed by atoms with E-state index in [9.17, 15) is 4.79 Å². The van der Waals surface area contributed by atoms with Crippen LogP contribution in [-0.2, 0) is 20.9 Å². The average Bonchev–Trinajstić information content (AvgIpc) is 2.60. The van der Waals surface area contributed by atoms with Gasteiger partial charge in [0, 0.05) is 12.8 Å². The van der Waals surface area contributed by atoms with Crippen LogP contribution >= 0.6 is 0 Å². The van der Waals surface area contributed by atoms with Gasteiger partial charge in [-0.15, -0.1) is 0 Å². The highest BCUT2D eigenvalue weighted by Gasteiger charge is 2.21. The molecule has 0 heterocycles. The third kappa shape index (κ3) is 4.47. The van der Waals surface area contributed by atoms with Gasteiger partial charge >= 0.3 is 5.97 Å². The predicted octanol–water partition coefficient (Wildman–Crippen LogP) is 3.17. The summed E-state index contributed by atoms with van der Waals surface area (Å²) in [5, 5.41) is 3.19. The smallest absolute Gasteiger partial charge is 0.332 e. The van der Waals surface area contributed by atoms with Crippen molar-refractivity contribution in [3.8, 4) is 5.75 Å². The molecule has 2 aromatic rings. The Bertz CT molecular complexity index is 622. The zero-order valence-electron chi connectivity index (χ0n) is 13.5. The molecule has 0 saturated carbocycles. The number of benzene rings is 2. The Morgan fingerprint density at radius 1 is 1.00 bits per heavy atom. The molecule has 1 unspecified atom stereocenters. The van der Waals surface area contributed by atoms with Crippen molar-refractivity contribution in [1.82, 2.24) is 0 Å². The third-order valence-corrected chi connectivity index (χ3v) is 3.46. The van der Waals surface area contributed by atoms with Crippen LogP contribution in [0.25, 0.3) is 0 Å². The van der Waals surface area contributed by atoms with Crippen molar-refractivity contribution in [2.24, 2.45) is 0 Å². The second-order valence-corrected chi connectivity index (χ2v) is 5.00. The molecule has 0 fully saturated rings. The molecule has 0 amide bonds. The number of rotatable bonds is 7. The molecular formula is C18H21NO4. The van der Waals surface area contributed by atoms with Crippen molar-refractivity contribution in [3.05, 3.63) is 59.7 Å². The molecule has 2 aromatic carbocycles. The van der Waals surface area contributed by atoms with Gasteiger partial charge < -0.3 is 19.5 Å².